The molecule has 2 saturated heterocycles. The highest BCUT2D eigenvalue weighted by Crippen LogP contribution is 2.37. The molecule has 2 aliphatic heterocycles. The largest absolute Gasteiger partial charge is 0.316 e. The second kappa shape index (κ2) is 4.89. The van der Waals surface area contributed by atoms with E-state index in [0.29, 0.717) is 10.8 Å². The Morgan fingerprint density at radius 1 is 1.12 bits per heavy atom. The van der Waals surface area contributed by atoms with Gasteiger partial charge in [0, 0.05) is 13.1 Å². The van der Waals surface area contributed by atoms with Crippen LogP contribution in [0.3, 0.4) is 0 Å². The zero-order chi connectivity index (χ0) is 12.5. The van der Waals surface area contributed by atoms with Crippen LogP contribution in [0.25, 0.3) is 0 Å². The zero-order valence-electron chi connectivity index (χ0n) is 12.2. The van der Waals surface area contributed by atoms with Gasteiger partial charge in [-0.25, -0.2) is 0 Å². The maximum atomic E-state index is 3.57. The molecule has 0 bridgehead atoms. The van der Waals surface area contributed by atoms with E-state index in [-0.39, 0.29) is 0 Å². The number of likely N-dealkylation sites (tertiary alicyclic amines) is 1. The SMILES string of the molecule is CC(C)C1(CN2CCC(C)(C)CC2)CCNC1. The van der Waals surface area contributed by atoms with E-state index in [2.05, 4.69) is 37.9 Å². The van der Waals surface area contributed by atoms with Gasteiger partial charge in [-0.2, -0.15) is 0 Å². The van der Waals surface area contributed by atoms with E-state index in [9.17, 15) is 0 Å². The molecular weight excluding hydrogens is 208 g/mol. The first-order valence-corrected chi connectivity index (χ1v) is 7.37. The van der Waals surface area contributed by atoms with E-state index in [1.165, 1.54) is 52.0 Å². The molecule has 2 heterocycles. The molecule has 2 nitrogen and oxygen atoms in total. The summed E-state index contributed by atoms with van der Waals surface area (Å²) in [6.45, 7) is 16.0. The van der Waals surface area contributed by atoms with Crippen molar-refractivity contribution in [2.45, 2.75) is 47.0 Å². The topological polar surface area (TPSA) is 15.3 Å². The van der Waals surface area contributed by atoms with Crippen LogP contribution in [0, 0.1) is 16.7 Å². The summed E-state index contributed by atoms with van der Waals surface area (Å²) in [5.74, 6) is 0.799. The van der Waals surface area contributed by atoms with E-state index in [0.717, 1.165) is 5.92 Å². The smallest absolute Gasteiger partial charge is 0.00531 e. The molecule has 1 unspecified atom stereocenters. The Labute approximate surface area is 107 Å². The molecular formula is C15H30N2. The summed E-state index contributed by atoms with van der Waals surface area (Å²) < 4.78 is 0. The van der Waals surface area contributed by atoms with Crippen LogP contribution in [0.4, 0.5) is 0 Å². The first-order chi connectivity index (χ1) is 7.94. The Bertz CT molecular complexity index is 242. The maximum Gasteiger partial charge on any atom is 0.00531 e. The minimum atomic E-state index is 0.543. The van der Waals surface area contributed by atoms with Gasteiger partial charge in [-0.05, 0) is 55.6 Å². The highest BCUT2D eigenvalue weighted by molar-refractivity contribution is 4.94. The summed E-state index contributed by atoms with van der Waals surface area (Å²) in [4.78, 5) is 2.72. The van der Waals surface area contributed by atoms with E-state index in [4.69, 9.17) is 0 Å². The molecule has 1 N–H and O–H groups in total. The first-order valence-electron chi connectivity index (χ1n) is 7.37. The molecule has 0 aromatic carbocycles. The predicted octanol–water partition coefficient (Wildman–Crippen LogP) is 2.74. The van der Waals surface area contributed by atoms with Gasteiger partial charge in [0.05, 0.1) is 0 Å². The average molecular weight is 238 g/mol. The molecule has 0 aliphatic carbocycles. The van der Waals surface area contributed by atoms with Crippen molar-refractivity contribution >= 4 is 0 Å². The van der Waals surface area contributed by atoms with Crippen LogP contribution in [0.1, 0.15) is 47.0 Å². The molecule has 0 spiro atoms. The molecule has 2 rings (SSSR count). The minimum Gasteiger partial charge on any atom is -0.316 e. The lowest BCUT2D eigenvalue weighted by Crippen LogP contribution is -2.46. The first kappa shape index (κ1) is 13.4. The molecule has 1 atom stereocenters. The summed E-state index contributed by atoms with van der Waals surface area (Å²) in [5.41, 5.74) is 1.12. The maximum absolute atomic E-state index is 3.57. The van der Waals surface area contributed by atoms with Gasteiger partial charge in [0.15, 0.2) is 0 Å². The lowest BCUT2D eigenvalue weighted by atomic mass is 9.75. The summed E-state index contributed by atoms with van der Waals surface area (Å²) in [6.07, 6.45) is 4.10. The van der Waals surface area contributed by atoms with Crippen molar-refractivity contribution in [2.75, 3.05) is 32.7 Å². The van der Waals surface area contributed by atoms with Gasteiger partial charge in [0.1, 0.15) is 0 Å². The third-order valence-electron chi connectivity index (χ3n) is 5.25. The molecule has 17 heavy (non-hydrogen) atoms. The number of nitrogens with zero attached hydrogens (tertiary/aromatic N) is 1. The Morgan fingerprint density at radius 2 is 1.76 bits per heavy atom. The van der Waals surface area contributed by atoms with Gasteiger partial charge in [0.25, 0.3) is 0 Å². The third kappa shape index (κ3) is 3.03. The highest BCUT2D eigenvalue weighted by Gasteiger charge is 2.39. The van der Waals surface area contributed by atoms with Crippen molar-refractivity contribution in [3.8, 4) is 0 Å². The summed E-state index contributed by atoms with van der Waals surface area (Å²) in [6, 6.07) is 0. The minimum absolute atomic E-state index is 0.543. The lowest BCUT2D eigenvalue weighted by molar-refractivity contribution is 0.0670. The molecule has 0 radical (unpaired) electrons. The van der Waals surface area contributed by atoms with Gasteiger partial charge < -0.3 is 10.2 Å². The van der Waals surface area contributed by atoms with Crippen LogP contribution in [0.15, 0.2) is 0 Å². The van der Waals surface area contributed by atoms with Gasteiger partial charge >= 0.3 is 0 Å². The van der Waals surface area contributed by atoms with Crippen LogP contribution in [-0.4, -0.2) is 37.6 Å². The molecule has 0 amide bonds. The fourth-order valence-electron chi connectivity index (χ4n) is 3.34. The van der Waals surface area contributed by atoms with E-state index >= 15 is 0 Å². The second-order valence-corrected chi connectivity index (χ2v) is 7.38. The van der Waals surface area contributed by atoms with Crippen molar-refractivity contribution in [3.63, 3.8) is 0 Å². The molecule has 2 fully saturated rings. The Balaban J connectivity index is 1.92. The van der Waals surface area contributed by atoms with E-state index in [1.54, 1.807) is 0 Å². The monoisotopic (exact) mass is 238 g/mol. The van der Waals surface area contributed by atoms with Crippen LogP contribution in [-0.2, 0) is 0 Å². The molecule has 2 heteroatoms. The normalized spacial score (nSPS) is 34.4. The second-order valence-electron chi connectivity index (χ2n) is 7.38. The Morgan fingerprint density at radius 3 is 2.24 bits per heavy atom. The van der Waals surface area contributed by atoms with Crippen molar-refractivity contribution in [2.24, 2.45) is 16.7 Å². The Hall–Kier alpha value is -0.0800. The van der Waals surface area contributed by atoms with Crippen molar-refractivity contribution in [3.05, 3.63) is 0 Å². The van der Waals surface area contributed by atoms with Gasteiger partial charge in [0.2, 0.25) is 0 Å². The summed E-state index contributed by atoms with van der Waals surface area (Å²) in [5, 5.41) is 3.57. The highest BCUT2D eigenvalue weighted by atomic mass is 15.1. The van der Waals surface area contributed by atoms with Gasteiger partial charge in [-0.15, -0.1) is 0 Å². The van der Waals surface area contributed by atoms with Crippen molar-refractivity contribution < 1.29 is 0 Å². The van der Waals surface area contributed by atoms with Gasteiger partial charge in [-0.1, -0.05) is 27.7 Å². The molecule has 100 valence electrons. The third-order valence-corrected chi connectivity index (χ3v) is 5.25. The van der Waals surface area contributed by atoms with Crippen LogP contribution in [0.2, 0.25) is 0 Å². The number of nitrogens with one attached hydrogen (secondary N) is 1. The van der Waals surface area contributed by atoms with Crippen LogP contribution >= 0.6 is 0 Å². The van der Waals surface area contributed by atoms with E-state index in [1.807, 2.05) is 0 Å². The predicted molar refractivity (Wildman–Crippen MR) is 74.2 cm³/mol. The van der Waals surface area contributed by atoms with Gasteiger partial charge in [-0.3, -0.25) is 0 Å². The summed E-state index contributed by atoms with van der Waals surface area (Å²) in [7, 11) is 0. The number of piperidine rings is 1. The molecule has 0 aromatic heterocycles. The number of rotatable bonds is 3. The fraction of sp³-hybridized carbons (Fsp3) is 1.00. The van der Waals surface area contributed by atoms with Crippen molar-refractivity contribution in [1.82, 2.24) is 10.2 Å². The Kier molecular flexibility index (Phi) is 3.84. The fourth-order valence-corrected chi connectivity index (χ4v) is 3.34. The number of hydrogen-bond acceptors (Lipinski definition) is 2. The molecule has 2 aliphatic rings. The average Bonchev–Trinajstić information content (AvgIpc) is 2.71. The molecule has 0 aromatic rings. The standard InChI is InChI=1S/C15H30N2/c1-13(2)15(5-8-16-11-15)12-17-9-6-14(3,4)7-10-17/h13,16H,5-12H2,1-4H3. The zero-order valence-corrected chi connectivity index (χ0v) is 12.2. The summed E-state index contributed by atoms with van der Waals surface area (Å²) >= 11 is 0. The molecule has 0 saturated carbocycles. The number of hydrogen-bond donors (Lipinski definition) is 1. The van der Waals surface area contributed by atoms with Crippen LogP contribution < -0.4 is 5.32 Å². The quantitative estimate of drug-likeness (QED) is 0.813. The van der Waals surface area contributed by atoms with E-state index < -0.39 is 0 Å². The lowest BCUT2D eigenvalue weighted by Gasteiger charge is -2.43. The van der Waals surface area contributed by atoms with Crippen molar-refractivity contribution in [1.29, 1.82) is 0 Å². The van der Waals surface area contributed by atoms with Crippen LogP contribution in [0.5, 0.6) is 0 Å².